The van der Waals surface area contributed by atoms with Crippen LogP contribution >= 0.6 is 0 Å². The zero-order valence-electron chi connectivity index (χ0n) is 33.5. The maximum absolute atomic E-state index is 12.7. The molecule has 0 spiro atoms. The summed E-state index contributed by atoms with van der Waals surface area (Å²) in [4.78, 5) is 30.5. The predicted molar refractivity (Wildman–Crippen MR) is 247 cm³/mol. The molecule has 8 aromatic carbocycles. The highest BCUT2D eigenvalue weighted by Crippen LogP contribution is 2.37. The Labute approximate surface area is 359 Å². The molecule has 0 aliphatic rings. The third kappa shape index (κ3) is 7.68. The molecule has 62 heavy (non-hydrogen) atoms. The Balaban J connectivity index is 1.20. The number of nitrogens with zero attached hydrogens (tertiary/aromatic N) is 6. The highest BCUT2D eigenvalue weighted by atomic mass is 16.3. The summed E-state index contributed by atoms with van der Waals surface area (Å²) >= 11 is 0. The summed E-state index contributed by atoms with van der Waals surface area (Å²) in [5.74, 6) is 1.84. The average molecular weight is 799 g/mol. The lowest BCUT2D eigenvalue weighted by atomic mass is 9.98. The summed E-state index contributed by atoms with van der Waals surface area (Å²) in [7, 11) is 0. The molecule has 0 saturated heterocycles. The number of aliphatic hydroxyl groups is 1. The van der Waals surface area contributed by atoms with Gasteiger partial charge in [0.2, 0.25) is 0 Å². The molecule has 0 fully saturated rings. The molecule has 7 heteroatoms. The SMILES string of the molecule is OC(c1nc(-c2ccccc2-c2ccccc2)nc(-c2ccccc2-c2ccccc2)n1)c1nc(-c2ccccc2-c2ccccc2)nc(-c2ccccc2-c2ccccc2)n1. The van der Waals surface area contributed by atoms with Crippen molar-refractivity contribution in [1.29, 1.82) is 0 Å². The zero-order valence-corrected chi connectivity index (χ0v) is 33.5. The quantitative estimate of drug-likeness (QED) is 0.147. The van der Waals surface area contributed by atoms with Crippen molar-refractivity contribution < 1.29 is 5.11 Å². The smallest absolute Gasteiger partial charge is 0.173 e. The van der Waals surface area contributed by atoms with Gasteiger partial charge in [0.05, 0.1) is 0 Å². The van der Waals surface area contributed by atoms with Gasteiger partial charge in [-0.3, -0.25) is 0 Å². The molecule has 0 amide bonds. The predicted octanol–water partition coefficient (Wildman–Crippen LogP) is 12.5. The van der Waals surface area contributed by atoms with Gasteiger partial charge in [0.1, 0.15) is 0 Å². The number of hydrogen-bond acceptors (Lipinski definition) is 7. The van der Waals surface area contributed by atoms with Crippen LogP contribution in [0.15, 0.2) is 218 Å². The molecule has 10 aromatic rings. The number of aromatic nitrogens is 6. The van der Waals surface area contributed by atoms with Crippen molar-refractivity contribution in [2.45, 2.75) is 6.10 Å². The van der Waals surface area contributed by atoms with Crippen LogP contribution in [0.5, 0.6) is 0 Å². The first-order valence-corrected chi connectivity index (χ1v) is 20.5. The van der Waals surface area contributed by atoms with Gasteiger partial charge in [0.15, 0.2) is 41.1 Å². The van der Waals surface area contributed by atoms with Crippen LogP contribution in [0.25, 0.3) is 90.1 Å². The van der Waals surface area contributed by atoms with E-state index in [0.29, 0.717) is 23.3 Å². The molecular weight excluding hydrogens is 761 g/mol. The second-order valence-corrected chi connectivity index (χ2v) is 14.7. The largest absolute Gasteiger partial charge is 0.377 e. The van der Waals surface area contributed by atoms with Crippen molar-refractivity contribution >= 4 is 0 Å². The van der Waals surface area contributed by atoms with E-state index in [1.807, 2.05) is 146 Å². The zero-order chi connectivity index (χ0) is 41.7. The Morgan fingerprint density at radius 1 is 0.226 bits per heavy atom. The van der Waals surface area contributed by atoms with E-state index in [4.69, 9.17) is 29.9 Å². The van der Waals surface area contributed by atoms with Gasteiger partial charge >= 0.3 is 0 Å². The fourth-order valence-corrected chi connectivity index (χ4v) is 7.82. The number of benzene rings is 8. The van der Waals surface area contributed by atoms with Gasteiger partial charge in [0, 0.05) is 22.3 Å². The van der Waals surface area contributed by atoms with E-state index in [1.165, 1.54) is 0 Å². The summed E-state index contributed by atoms with van der Waals surface area (Å²) in [5.41, 5.74) is 11.0. The molecule has 2 aromatic heterocycles. The van der Waals surface area contributed by atoms with E-state index in [1.54, 1.807) is 0 Å². The first-order valence-electron chi connectivity index (χ1n) is 20.5. The molecule has 2 heterocycles. The molecule has 0 aliphatic heterocycles. The molecular formula is C55H38N6O. The van der Waals surface area contributed by atoms with Gasteiger partial charge in [-0.05, 0) is 44.5 Å². The molecule has 1 N–H and O–H groups in total. The van der Waals surface area contributed by atoms with Crippen LogP contribution < -0.4 is 0 Å². The van der Waals surface area contributed by atoms with Crippen molar-refractivity contribution in [3.8, 4) is 90.1 Å². The van der Waals surface area contributed by atoms with Crippen molar-refractivity contribution in [2.75, 3.05) is 0 Å². The molecule has 0 bridgehead atoms. The van der Waals surface area contributed by atoms with Crippen LogP contribution in [0.1, 0.15) is 17.8 Å². The van der Waals surface area contributed by atoms with E-state index >= 15 is 0 Å². The second kappa shape index (κ2) is 17.1. The van der Waals surface area contributed by atoms with E-state index in [0.717, 1.165) is 66.8 Å². The van der Waals surface area contributed by atoms with E-state index in [2.05, 4.69) is 72.8 Å². The fourth-order valence-electron chi connectivity index (χ4n) is 7.82. The third-order valence-electron chi connectivity index (χ3n) is 10.8. The highest BCUT2D eigenvalue weighted by Gasteiger charge is 2.26. The Morgan fingerprint density at radius 2 is 0.419 bits per heavy atom. The maximum Gasteiger partial charge on any atom is 0.173 e. The molecule has 0 aliphatic carbocycles. The van der Waals surface area contributed by atoms with E-state index < -0.39 is 6.10 Å². The van der Waals surface area contributed by atoms with Crippen LogP contribution in [-0.2, 0) is 0 Å². The minimum Gasteiger partial charge on any atom is -0.377 e. The molecule has 10 rings (SSSR count). The Morgan fingerprint density at radius 3 is 0.645 bits per heavy atom. The maximum atomic E-state index is 12.7. The second-order valence-electron chi connectivity index (χ2n) is 14.7. The first kappa shape index (κ1) is 38.0. The van der Waals surface area contributed by atoms with Gasteiger partial charge in [-0.25, -0.2) is 29.9 Å². The lowest BCUT2D eigenvalue weighted by Gasteiger charge is -2.17. The standard InChI is InChI=1S/C55H38N6O/c62-49(54-58-50(45-33-17-13-29-41(45)37-21-5-1-6-22-37)56-51(59-54)46-34-18-14-30-42(46)38-23-7-2-8-24-38)55-60-52(47-35-19-15-31-43(47)39-25-9-3-10-26-39)57-53(61-55)48-36-20-16-32-44(48)40-27-11-4-12-28-40/h1-36,49,62H. The Hall–Kier alpha value is -8.26. The summed E-state index contributed by atoms with van der Waals surface area (Å²) in [5, 5.41) is 12.7. The molecule has 0 unspecified atom stereocenters. The lowest BCUT2D eigenvalue weighted by molar-refractivity contribution is 0.199. The summed E-state index contributed by atoms with van der Waals surface area (Å²) in [6.07, 6.45) is -1.48. The van der Waals surface area contributed by atoms with E-state index in [9.17, 15) is 5.11 Å². The van der Waals surface area contributed by atoms with Crippen molar-refractivity contribution in [3.05, 3.63) is 230 Å². The normalized spacial score (nSPS) is 11.1. The minimum atomic E-state index is -1.48. The van der Waals surface area contributed by atoms with Gasteiger partial charge in [-0.1, -0.05) is 218 Å². The summed E-state index contributed by atoms with van der Waals surface area (Å²) in [6.45, 7) is 0. The number of hydrogen-bond donors (Lipinski definition) is 1. The van der Waals surface area contributed by atoms with Crippen molar-refractivity contribution in [2.24, 2.45) is 0 Å². The third-order valence-corrected chi connectivity index (χ3v) is 10.8. The van der Waals surface area contributed by atoms with Gasteiger partial charge in [-0.2, -0.15) is 0 Å². The van der Waals surface area contributed by atoms with Crippen molar-refractivity contribution in [3.63, 3.8) is 0 Å². The molecule has 294 valence electrons. The van der Waals surface area contributed by atoms with Crippen LogP contribution in [0.3, 0.4) is 0 Å². The summed E-state index contributed by atoms with van der Waals surface area (Å²) in [6, 6.07) is 72.7. The first-order chi connectivity index (χ1) is 30.7. The lowest BCUT2D eigenvalue weighted by Crippen LogP contribution is -2.14. The topological polar surface area (TPSA) is 97.6 Å². The van der Waals surface area contributed by atoms with Crippen LogP contribution in [0.4, 0.5) is 0 Å². The Bertz CT molecular complexity index is 2730. The van der Waals surface area contributed by atoms with Crippen molar-refractivity contribution in [1.82, 2.24) is 29.9 Å². The minimum absolute atomic E-state index is 0.103. The number of aliphatic hydroxyl groups excluding tert-OH is 1. The highest BCUT2D eigenvalue weighted by molar-refractivity contribution is 5.85. The van der Waals surface area contributed by atoms with Gasteiger partial charge < -0.3 is 5.11 Å². The van der Waals surface area contributed by atoms with Crippen LogP contribution in [0.2, 0.25) is 0 Å². The monoisotopic (exact) mass is 798 g/mol. The average Bonchev–Trinajstić information content (AvgIpc) is 3.37. The Kier molecular flexibility index (Phi) is 10.5. The number of rotatable bonds is 10. The fraction of sp³-hybridized carbons (Fsp3) is 0.0182. The van der Waals surface area contributed by atoms with Crippen LogP contribution in [0, 0.1) is 0 Å². The van der Waals surface area contributed by atoms with Crippen LogP contribution in [-0.4, -0.2) is 35.0 Å². The molecule has 0 saturated carbocycles. The molecule has 0 radical (unpaired) electrons. The van der Waals surface area contributed by atoms with E-state index in [-0.39, 0.29) is 11.6 Å². The van der Waals surface area contributed by atoms with Gasteiger partial charge in [0.25, 0.3) is 0 Å². The summed E-state index contributed by atoms with van der Waals surface area (Å²) < 4.78 is 0. The molecule has 0 atom stereocenters. The van der Waals surface area contributed by atoms with Gasteiger partial charge in [-0.15, -0.1) is 0 Å². The molecule has 7 nitrogen and oxygen atoms in total.